The average Bonchev–Trinajstić information content (AvgIpc) is 2.53. The minimum Gasteiger partial charge on any atom is -0.392 e. The predicted molar refractivity (Wildman–Crippen MR) is 65.2 cm³/mol. The fourth-order valence-corrected chi connectivity index (χ4v) is 1.69. The fourth-order valence-electron chi connectivity index (χ4n) is 1.69. The number of rotatable bonds is 5. The molecule has 2 atom stereocenters. The van der Waals surface area contributed by atoms with Gasteiger partial charge in [0.05, 0.1) is 11.8 Å². The molecule has 0 fully saturated rings. The first-order valence-corrected chi connectivity index (χ1v) is 5.83. The number of nitrogens with zero attached hydrogens (tertiary/aromatic N) is 2. The molecule has 1 aromatic rings. The summed E-state index contributed by atoms with van der Waals surface area (Å²) in [6.07, 6.45) is 1.73. The summed E-state index contributed by atoms with van der Waals surface area (Å²) in [4.78, 5) is 0. The Labute approximate surface area is 97.7 Å². The number of aliphatic hydroxyl groups is 1. The average molecular weight is 225 g/mol. The summed E-state index contributed by atoms with van der Waals surface area (Å²) in [6.45, 7) is 8.76. The van der Waals surface area contributed by atoms with E-state index in [2.05, 4.69) is 17.3 Å². The van der Waals surface area contributed by atoms with E-state index in [9.17, 15) is 5.11 Å². The Morgan fingerprint density at radius 3 is 2.50 bits per heavy atom. The van der Waals surface area contributed by atoms with E-state index in [1.807, 2.05) is 38.7 Å². The van der Waals surface area contributed by atoms with E-state index in [0.717, 1.165) is 5.69 Å². The van der Waals surface area contributed by atoms with E-state index in [1.165, 1.54) is 5.56 Å². The highest BCUT2D eigenvalue weighted by Crippen LogP contribution is 2.15. The lowest BCUT2D eigenvalue weighted by atomic mass is 10.1. The molecule has 0 aliphatic rings. The van der Waals surface area contributed by atoms with E-state index in [4.69, 9.17) is 0 Å². The maximum absolute atomic E-state index is 9.71. The maximum atomic E-state index is 9.71. The molecule has 0 saturated heterocycles. The minimum atomic E-state index is -0.292. The molecule has 2 unspecified atom stereocenters. The Hall–Kier alpha value is -0.870. The summed E-state index contributed by atoms with van der Waals surface area (Å²) in [6, 6.07) is 0.224. The van der Waals surface area contributed by atoms with Gasteiger partial charge in [0.15, 0.2) is 0 Å². The topological polar surface area (TPSA) is 50.1 Å². The van der Waals surface area contributed by atoms with Crippen molar-refractivity contribution in [3.8, 4) is 0 Å². The second-order valence-corrected chi connectivity index (χ2v) is 4.78. The summed E-state index contributed by atoms with van der Waals surface area (Å²) in [5.41, 5.74) is 2.24. The molecule has 92 valence electrons. The van der Waals surface area contributed by atoms with Crippen LogP contribution in [0.15, 0.2) is 6.20 Å². The van der Waals surface area contributed by atoms with Gasteiger partial charge in [-0.1, -0.05) is 13.8 Å². The van der Waals surface area contributed by atoms with Crippen LogP contribution in [-0.4, -0.2) is 27.5 Å². The molecule has 0 bridgehead atoms. The maximum Gasteiger partial charge on any atom is 0.0687 e. The van der Waals surface area contributed by atoms with Gasteiger partial charge in [-0.05, 0) is 19.8 Å². The minimum absolute atomic E-state index is 0.224. The van der Waals surface area contributed by atoms with Crippen molar-refractivity contribution in [2.75, 3.05) is 6.54 Å². The highest BCUT2D eigenvalue weighted by molar-refractivity contribution is 5.19. The quantitative estimate of drug-likeness (QED) is 0.796. The second kappa shape index (κ2) is 5.46. The second-order valence-electron chi connectivity index (χ2n) is 4.78. The molecule has 1 aromatic heterocycles. The largest absolute Gasteiger partial charge is 0.392 e. The van der Waals surface area contributed by atoms with Crippen LogP contribution in [0.4, 0.5) is 0 Å². The molecular formula is C12H23N3O. The van der Waals surface area contributed by atoms with Gasteiger partial charge in [-0.15, -0.1) is 0 Å². The molecule has 0 aliphatic heterocycles. The monoisotopic (exact) mass is 225 g/mol. The SMILES string of the molecule is Cc1nn(C)cc1C(C)NCC(O)C(C)C. The first-order chi connectivity index (χ1) is 7.41. The number of aliphatic hydroxyl groups excluding tert-OH is 1. The summed E-state index contributed by atoms with van der Waals surface area (Å²) < 4.78 is 1.82. The van der Waals surface area contributed by atoms with Crippen LogP contribution in [0.1, 0.15) is 38.1 Å². The third kappa shape index (κ3) is 3.32. The molecule has 0 saturated carbocycles. The van der Waals surface area contributed by atoms with E-state index < -0.39 is 0 Å². The summed E-state index contributed by atoms with van der Waals surface area (Å²) in [5.74, 6) is 0.287. The van der Waals surface area contributed by atoms with Crippen molar-refractivity contribution in [3.63, 3.8) is 0 Å². The molecule has 16 heavy (non-hydrogen) atoms. The van der Waals surface area contributed by atoms with Gasteiger partial charge in [0, 0.05) is 31.4 Å². The van der Waals surface area contributed by atoms with Crippen LogP contribution in [0.25, 0.3) is 0 Å². The lowest BCUT2D eigenvalue weighted by Gasteiger charge is -2.19. The van der Waals surface area contributed by atoms with Crippen molar-refractivity contribution in [1.29, 1.82) is 0 Å². The zero-order valence-electron chi connectivity index (χ0n) is 10.9. The molecule has 1 rings (SSSR count). The lowest BCUT2D eigenvalue weighted by Crippen LogP contribution is -2.32. The molecule has 2 N–H and O–H groups in total. The zero-order valence-corrected chi connectivity index (χ0v) is 10.9. The Kier molecular flexibility index (Phi) is 4.50. The number of hydrogen-bond acceptors (Lipinski definition) is 3. The van der Waals surface area contributed by atoms with Crippen LogP contribution in [0.3, 0.4) is 0 Å². The highest BCUT2D eigenvalue weighted by atomic mass is 16.3. The summed E-state index contributed by atoms with van der Waals surface area (Å²) in [7, 11) is 1.92. The molecule has 0 aliphatic carbocycles. The van der Waals surface area contributed by atoms with Crippen LogP contribution in [0.2, 0.25) is 0 Å². The van der Waals surface area contributed by atoms with E-state index in [1.54, 1.807) is 0 Å². The Morgan fingerprint density at radius 2 is 2.06 bits per heavy atom. The van der Waals surface area contributed by atoms with Crippen molar-refractivity contribution in [1.82, 2.24) is 15.1 Å². The molecule has 1 heterocycles. The predicted octanol–water partition coefficient (Wildman–Crippen LogP) is 1.40. The first kappa shape index (κ1) is 13.2. The van der Waals surface area contributed by atoms with Gasteiger partial charge in [0.25, 0.3) is 0 Å². The summed E-state index contributed by atoms with van der Waals surface area (Å²) >= 11 is 0. The third-order valence-corrected chi connectivity index (χ3v) is 2.92. The molecule has 4 heteroatoms. The molecule has 0 aromatic carbocycles. The van der Waals surface area contributed by atoms with E-state index in [-0.39, 0.29) is 18.1 Å². The van der Waals surface area contributed by atoms with E-state index in [0.29, 0.717) is 6.54 Å². The van der Waals surface area contributed by atoms with Gasteiger partial charge in [0.1, 0.15) is 0 Å². The Morgan fingerprint density at radius 1 is 1.44 bits per heavy atom. The molecule has 4 nitrogen and oxygen atoms in total. The summed E-state index contributed by atoms with van der Waals surface area (Å²) in [5, 5.41) is 17.4. The van der Waals surface area contributed by atoms with Crippen molar-refractivity contribution >= 4 is 0 Å². The molecular weight excluding hydrogens is 202 g/mol. The van der Waals surface area contributed by atoms with Gasteiger partial charge >= 0.3 is 0 Å². The van der Waals surface area contributed by atoms with Crippen LogP contribution < -0.4 is 5.32 Å². The highest BCUT2D eigenvalue weighted by Gasteiger charge is 2.14. The van der Waals surface area contributed by atoms with Crippen LogP contribution in [0.5, 0.6) is 0 Å². The normalized spacial score (nSPS) is 15.4. The van der Waals surface area contributed by atoms with Crippen molar-refractivity contribution < 1.29 is 5.11 Å². The number of aromatic nitrogens is 2. The Balaban J connectivity index is 2.53. The molecule has 0 radical (unpaired) electrons. The molecule has 0 spiro atoms. The fraction of sp³-hybridized carbons (Fsp3) is 0.750. The smallest absolute Gasteiger partial charge is 0.0687 e. The van der Waals surface area contributed by atoms with Gasteiger partial charge in [-0.2, -0.15) is 5.10 Å². The van der Waals surface area contributed by atoms with E-state index >= 15 is 0 Å². The van der Waals surface area contributed by atoms with Crippen LogP contribution in [-0.2, 0) is 7.05 Å². The van der Waals surface area contributed by atoms with Crippen molar-refractivity contribution in [2.24, 2.45) is 13.0 Å². The third-order valence-electron chi connectivity index (χ3n) is 2.92. The van der Waals surface area contributed by atoms with Crippen molar-refractivity contribution in [2.45, 2.75) is 39.8 Å². The standard InChI is InChI=1S/C12H23N3O/c1-8(2)12(16)6-13-9(3)11-7-15(5)14-10(11)4/h7-9,12-13,16H,6H2,1-5H3. The van der Waals surface area contributed by atoms with Gasteiger partial charge in [0.2, 0.25) is 0 Å². The molecule has 0 amide bonds. The number of hydrogen-bond donors (Lipinski definition) is 2. The van der Waals surface area contributed by atoms with Crippen LogP contribution in [0, 0.1) is 12.8 Å². The van der Waals surface area contributed by atoms with Gasteiger partial charge in [-0.3, -0.25) is 4.68 Å². The zero-order chi connectivity index (χ0) is 12.3. The van der Waals surface area contributed by atoms with Gasteiger partial charge in [-0.25, -0.2) is 0 Å². The van der Waals surface area contributed by atoms with Gasteiger partial charge < -0.3 is 10.4 Å². The van der Waals surface area contributed by atoms with Crippen molar-refractivity contribution in [3.05, 3.63) is 17.5 Å². The number of nitrogens with one attached hydrogen (secondary N) is 1. The number of aryl methyl sites for hydroxylation is 2. The Bertz CT molecular complexity index is 333. The first-order valence-electron chi connectivity index (χ1n) is 5.83. The van der Waals surface area contributed by atoms with Crippen LogP contribution >= 0.6 is 0 Å². The lowest BCUT2D eigenvalue weighted by molar-refractivity contribution is 0.120.